The third-order valence-corrected chi connectivity index (χ3v) is 1.55. The van der Waals surface area contributed by atoms with Crippen molar-refractivity contribution in [1.29, 1.82) is 0 Å². The summed E-state index contributed by atoms with van der Waals surface area (Å²) in [5.41, 5.74) is -0.685. The molecule has 0 heterocycles. The molecule has 0 fully saturated rings. The lowest BCUT2D eigenvalue weighted by atomic mass is 10.5. The number of hydrogen-bond donors (Lipinski definition) is 0. The van der Waals surface area contributed by atoms with E-state index in [0.717, 1.165) is 0 Å². The highest BCUT2D eigenvalue weighted by atomic mass is 35.5. The van der Waals surface area contributed by atoms with E-state index >= 15 is 0 Å². The molecule has 0 N–H and O–H groups in total. The third kappa shape index (κ3) is 2.76. The second kappa shape index (κ2) is 4.04. The van der Waals surface area contributed by atoms with Crippen LogP contribution < -0.4 is 0 Å². The lowest BCUT2D eigenvalue weighted by Crippen LogP contribution is -2.38. The van der Waals surface area contributed by atoms with Gasteiger partial charge in [-0.15, -0.1) is 0 Å². The highest BCUT2D eigenvalue weighted by Crippen LogP contribution is 2.11. The summed E-state index contributed by atoms with van der Waals surface area (Å²) >= 11 is 11.3. The Hall–Kier alpha value is 0.0500. The number of hydrogen-bond acceptors (Lipinski definition) is 1. The Labute approximate surface area is 71.1 Å². The summed E-state index contributed by atoms with van der Waals surface area (Å²) in [7, 11) is 0. The van der Waals surface area contributed by atoms with Crippen LogP contribution in [-0.4, -0.2) is 21.8 Å². The molecule has 0 aliphatic rings. The minimum absolute atomic E-state index is 0.106. The van der Waals surface area contributed by atoms with Gasteiger partial charge in [-0.05, 0) is 13.8 Å². The van der Waals surface area contributed by atoms with Gasteiger partial charge >= 0.3 is 0 Å². The van der Waals surface area contributed by atoms with Crippen molar-refractivity contribution in [3.8, 4) is 0 Å². The topological polar surface area (TPSA) is 20.3 Å². The average Bonchev–Trinajstić information content (AvgIpc) is 1.59. The fourth-order valence-electron chi connectivity index (χ4n) is 0.784. The zero-order valence-corrected chi connectivity index (χ0v) is 7.78. The Kier molecular flexibility index (Phi) is 4.06. The zero-order chi connectivity index (χ0) is 8.31. The zero-order valence-electron chi connectivity index (χ0n) is 6.27. The van der Waals surface area contributed by atoms with E-state index in [2.05, 4.69) is 0 Å². The number of carbonyl (C=O) groups excluding carboxylic acids is 1. The fourth-order valence-corrected chi connectivity index (χ4v) is 1.45. The normalized spacial score (nSPS) is 16.1. The summed E-state index contributed by atoms with van der Waals surface area (Å²) in [6.07, 6.45) is 0. The van der Waals surface area contributed by atoms with Crippen molar-refractivity contribution < 1.29 is 4.79 Å². The highest BCUT2D eigenvalue weighted by Gasteiger charge is 2.18. The van der Waals surface area contributed by atoms with E-state index in [1.165, 1.54) is 11.8 Å². The van der Waals surface area contributed by atoms with Gasteiger partial charge in [-0.3, -0.25) is 4.79 Å². The Morgan fingerprint density at radius 3 is 1.60 bits per heavy atom. The number of carbonyl (C=O) groups is 1. The molecule has 2 nitrogen and oxygen atoms in total. The Bertz CT molecular complexity index is 117. The molecule has 1 amide bonds. The number of halogens is 2. The van der Waals surface area contributed by atoms with Gasteiger partial charge in [0, 0.05) is 6.92 Å². The van der Waals surface area contributed by atoms with Gasteiger partial charge in [-0.1, -0.05) is 23.2 Å². The molecule has 0 aromatic rings. The number of nitrogens with zero attached hydrogens (tertiary/aromatic N) is 1. The molecule has 0 aliphatic carbocycles. The predicted molar refractivity (Wildman–Crippen MR) is 43.2 cm³/mol. The molecule has 0 bridgehead atoms. The third-order valence-electron chi connectivity index (χ3n) is 1.13. The summed E-state index contributed by atoms with van der Waals surface area (Å²) < 4.78 is 0. The standard InChI is InChI=1S/C6H11Cl2NO/c1-4(7)9(5(2)8)6(3)10/h4-5H,1-3H3. The van der Waals surface area contributed by atoms with Gasteiger partial charge in [0.1, 0.15) is 11.0 Å². The molecule has 0 aliphatic heterocycles. The summed E-state index contributed by atoms with van der Waals surface area (Å²) in [6, 6.07) is 0. The second-order valence-electron chi connectivity index (χ2n) is 2.07. The van der Waals surface area contributed by atoms with Gasteiger partial charge in [0.15, 0.2) is 0 Å². The average molecular weight is 184 g/mol. The van der Waals surface area contributed by atoms with Crippen LogP contribution in [-0.2, 0) is 4.79 Å². The lowest BCUT2D eigenvalue weighted by Gasteiger charge is -2.25. The molecule has 2 atom stereocenters. The maximum atomic E-state index is 10.8. The molecule has 0 saturated heterocycles. The minimum atomic E-state index is -0.343. The van der Waals surface area contributed by atoms with Gasteiger partial charge in [0.25, 0.3) is 0 Å². The van der Waals surface area contributed by atoms with Crippen molar-refractivity contribution >= 4 is 29.1 Å². The molecule has 0 spiro atoms. The molecule has 0 rings (SSSR count). The SMILES string of the molecule is CC(=O)N(C(C)Cl)C(C)Cl. The van der Waals surface area contributed by atoms with Crippen LogP contribution in [0, 0.1) is 0 Å². The van der Waals surface area contributed by atoms with Crippen molar-refractivity contribution in [3.05, 3.63) is 0 Å². The quantitative estimate of drug-likeness (QED) is 0.474. The monoisotopic (exact) mass is 183 g/mol. The first kappa shape index (κ1) is 10.0. The molecule has 4 heteroatoms. The molecule has 60 valence electrons. The van der Waals surface area contributed by atoms with Crippen LogP contribution in [0.3, 0.4) is 0 Å². The van der Waals surface area contributed by atoms with Crippen LogP contribution in [0.25, 0.3) is 0 Å². The van der Waals surface area contributed by atoms with Gasteiger partial charge in [0.2, 0.25) is 5.91 Å². The summed E-state index contributed by atoms with van der Waals surface area (Å²) in [4.78, 5) is 12.2. The smallest absolute Gasteiger partial charge is 0.221 e. The first-order valence-corrected chi connectivity index (χ1v) is 3.91. The van der Waals surface area contributed by atoms with Crippen LogP contribution >= 0.6 is 23.2 Å². The van der Waals surface area contributed by atoms with Gasteiger partial charge in [0.05, 0.1) is 0 Å². The molecule has 0 aromatic heterocycles. The van der Waals surface area contributed by atoms with E-state index in [1.807, 2.05) is 0 Å². The van der Waals surface area contributed by atoms with Crippen LogP contribution in [0.15, 0.2) is 0 Å². The van der Waals surface area contributed by atoms with E-state index in [1.54, 1.807) is 13.8 Å². The molecule has 2 unspecified atom stereocenters. The maximum absolute atomic E-state index is 10.8. The molecule has 0 aromatic carbocycles. The van der Waals surface area contributed by atoms with Crippen molar-refractivity contribution in [3.63, 3.8) is 0 Å². The van der Waals surface area contributed by atoms with Gasteiger partial charge < -0.3 is 4.90 Å². The summed E-state index contributed by atoms with van der Waals surface area (Å²) in [5, 5.41) is 0. The molecular formula is C6H11Cl2NO. The van der Waals surface area contributed by atoms with Crippen LogP contribution in [0.1, 0.15) is 20.8 Å². The number of amides is 1. The second-order valence-corrected chi connectivity index (χ2v) is 3.34. The van der Waals surface area contributed by atoms with E-state index in [9.17, 15) is 4.79 Å². The first-order valence-electron chi connectivity index (χ1n) is 3.04. The molecular weight excluding hydrogens is 173 g/mol. The Balaban J connectivity index is 4.12. The van der Waals surface area contributed by atoms with Crippen molar-refractivity contribution in [1.82, 2.24) is 4.90 Å². The van der Waals surface area contributed by atoms with Crippen LogP contribution in [0.4, 0.5) is 0 Å². The van der Waals surface area contributed by atoms with Crippen molar-refractivity contribution in [2.75, 3.05) is 0 Å². The number of rotatable bonds is 2. The van der Waals surface area contributed by atoms with E-state index in [0.29, 0.717) is 0 Å². The van der Waals surface area contributed by atoms with Gasteiger partial charge in [-0.25, -0.2) is 0 Å². The Morgan fingerprint density at radius 1 is 1.30 bits per heavy atom. The summed E-state index contributed by atoms with van der Waals surface area (Å²) in [5.74, 6) is -0.106. The van der Waals surface area contributed by atoms with E-state index < -0.39 is 0 Å². The highest BCUT2D eigenvalue weighted by molar-refractivity contribution is 6.24. The Morgan fingerprint density at radius 2 is 1.60 bits per heavy atom. The van der Waals surface area contributed by atoms with Crippen LogP contribution in [0.5, 0.6) is 0 Å². The predicted octanol–water partition coefficient (Wildman–Crippen LogP) is 2.00. The molecule has 0 radical (unpaired) electrons. The first-order chi connectivity index (χ1) is 4.46. The van der Waals surface area contributed by atoms with E-state index in [4.69, 9.17) is 23.2 Å². The largest absolute Gasteiger partial charge is 0.311 e. The molecule has 0 saturated carbocycles. The lowest BCUT2D eigenvalue weighted by molar-refractivity contribution is -0.129. The fraction of sp³-hybridized carbons (Fsp3) is 0.833. The van der Waals surface area contributed by atoms with Crippen molar-refractivity contribution in [2.24, 2.45) is 0 Å². The van der Waals surface area contributed by atoms with Crippen molar-refractivity contribution in [2.45, 2.75) is 31.8 Å². The van der Waals surface area contributed by atoms with Gasteiger partial charge in [-0.2, -0.15) is 0 Å². The number of alkyl halides is 2. The maximum Gasteiger partial charge on any atom is 0.221 e. The molecule has 10 heavy (non-hydrogen) atoms. The van der Waals surface area contributed by atoms with E-state index in [-0.39, 0.29) is 16.9 Å². The summed E-state index contributed by atoms with van der Waals surface area (Å²) in [6.45, 7) is 4.86. The minimum Gasteiger partial charge on any atom is -0.311 e. The van der Waals surface area contributed by atoms with Crippen LogP contribution in [0.2, 0.25) is 0 Å².